The number of hydrogen-bond donors (Lipinski definition) is 0. The van der Waals surface area contributed by atoms with Crippen LogP contribution in [0, 0.1) is 0 Å². The Morgan fingerprint density at radius 2 is 1.58 bits per heavy atom. The van der Waals surface area contributed by atoms with Crippen molar-refractivity contribution in [2.24, 2.45) is 5.10 Å². The molecule has 1 aliphatic rings. The van der Waals surface area contributed by atoms with Gasteiger partial charge in [-0.25, -0.2) is 0 Å². The summed E-state index contributed by atoms with van der Waals surface area (Å²) in [5.74, 6) is 0. The van der Waals surface area contributed by atoms with Crippen LogP contribution in [0.25, 0.3) is 0 Å². The molecule has 0 saturated heterocycles. The van der Waals surface area contributed by atoms with E-state index in [1.807, 2.05) is 30.3 Å². The van der Waals surface area contributed by atoms with Crippen LogP contribution >= 0.6 is 43.5 Å². The Hall–Kier alpha value is -1.62. The molecule has 0 radical (unpaired) electrons. The molecule has 0 aromatic heterocycles. The van der Waals surface area contributed by atoms with Gasteiger partial charge in [0.15, 0.2) is 0 Å². The first-order valence-corrected chi connectivity index (χ1v) is 10.2. The first kappa shape index (κ1) is 17.8. The van der Waals surface area contributed by atoms with Crippen LogP contribution in [0.2, 0.25) is 5.02 Å². The Bertz CT molecular complexity index is 953. The molecular formula is C21H15Br2ClN2. The van der Waals surface area contributed by atoms with Crippen molar-refractivity contribution < 1.29 is 0 Å². The second-order valence-electron chi connectivity index (χ2n) is 6.12. The van der Waals surface area contributed by atoms with E-state index in [-0.39, 0.29) is 6.04 Å². The Kier molecular flexibility index (Phi) is 5.16. The van der Waals surface area contributed by atoms with Gasteiger partial charge in [-0.2, -0.15) is 5.10 Å². The van der Waals surface area contributed by atoms with Crippen molar-refractivity contribution in [1.82, 2.24) is 0 Å². The zero-order chi connectivity index (χ0) is 18.1. The van der Waals surface area contributed by atoms with E-state index < -0.39 is 0 Å². The molecule has 0 bridgehead atoms. The fourth-order valence-electron chi connectivity index (χ4n) is 3.13. The minimum absolute atomic E-state index is 0.129. The fraction of sp³-hybridized carbons (Fsp3) is 0.0952. The molecule has 130 valence electrons. The summed E-state index contributed by atoms with van der Waals surface area (Å²) in [6.45, 7) is 0. The summed E-state index contributed by atoms with van der Waals surface area (Å²) >= 11 is 13.2. The standard InChI is InChI=1S/C21H15Br2ClN2/c22-16-9-5-14(6-10-16)19-13-21(15-7-11-17(24)12-8-15)26(25-19)20-4-2-1-3-18(20)23/h1-12,21H,13H2/t21-/m1/s1. The van der Waals surface area contributed by atoms with E-state index in [1.54, 1.807) is 0 Å². The Morgan fingerprint density at radius 3 is 2.27 bits per heavy atom. The van der Waals surface area contributed by atoms with Crippen molar-refractivity contribution >= 4 is 54.9 Å². The molecule has 26 heavy (non-hydrogen) atoms. The predicted molar refractivity (Wildman–Crippen MR) is 116 cm³/mol. The second kappa shape index (κ2) is 7.55. The minimum atomic E-state index is 0.129. The average Bonchev–Trinajstić information content (AvgIpc) is 3.08. The SMILES string of the molecule is Clc1ccc([C@H]2CC(c3ccc(Br)cc3)=NN2c2ccccc2Br)cc1. The number of anilines is 1. The lowest BCUT2D eigenvalue weighted by Gasteiger charge is -2.25. The summed E-state index contributed by atoms with van der Waals surface area (Å²) < 4.78 is 2.09. The average molecular weight is 491 g/mol. The molecule has 0 spiro atoms. The number of benzene rings is 3. The third-order valence-corrected chi connectivity index (χ3v) is 5.89. The van der Waals surface area contributed by atoms with Gasteiger partial charge in [0.2, 0.25) is 0 Å². The molecule has 1 atom stereocenters. The summed E-state index contributed by atoms with van der Waals surface area (Å²) in [6, 6.07) is 24.6. The quantitative estimate of drug-likeness (QED) is 0.378. The molecule has 0 saturated carbocycles. The van der Waals surface area contributed by atoms with Gasteiger partial charge in [0.25, 0.3) is 0 Å². The fourth-order valence-corrected chi connectivity index (χ4v) is 3.99. The second-order valence-corrected chi connectivity index (χ2v) is 8.33. The third-order valence-electron chi connectivity index (χ3n) is 4.44. The van der Waals surface area contributed by atoms with E-state index in [0.29, 0.717) is 0 Å². The van der Waals surface area contributed by atoms with E-state index >= 15 is 0 Å². The Morgan fingerprint density at radius 1 is 0.885 bits per heavy atom. The van der Waals surface area contributed by atoms with Gasteiger partial charge in [-0.05, 0) is 63.5 Å². The zero-order valence-corrected chi connectivity index (χ0v) is 17.7. The number of hydrazone groups is 1. The molecule has 0 unspecified atom stereocenters. The van der Waals surface area contributed by atoms with E-state index in [4.69, 9.17) is 16.7 Å². The topological polar surface area (TPSA) is 15.6 Å². The van der Waals surface area contributed by atoms with Gasteiger partial charge in [0.05, 0.1) is 17.4 Å². The van der Waals surface area contributed by atoms with E-state index in [2.05, 4.69) is 79.3 Å². The molecular weight excluding hydrogens is 476 g/mol. The maximum absolute atomic E-state index is 6.08. The van der Waals surface area contributed by atoms with Crippen molar-refractivity contribution in [2.45, 2.75) is 12.5 Å². The van der Waals surface area contributed by atoms with Gasteiger partial charge in [0, 0.05) is 20.4 Å². The first-order chi connectivity index (χ1) is 12.6. The Balaban J connectivity index is 1.77. The monoisotopic (exact) mass is 488 g/mol. The van der Waals surface area contributed by atoms with Crippen LogP contribution in [0.1, 0.15) is 23.6 Å². The summed E-state index contributed by atoms with van der Waals surface area (Å²) in [4.78, 5) is 0. The van der Waals surface area contributed by atoms with Gasteiger partial charge < -0.3 is 0 Å². The molecule has 0 aliphatic carbocycles. The molecule has 3 aromatic carbocycles. The van der Waals surface area contributed by atoms with Crippen molar-refractivity contribution in [3.05, 3.63) is 97.9 Å². The van der Waals surface area contributed by atoms with Crippen LogP contribution in [0.3, 0.4) is 0 Å². The molecule has 0 fully saturated rings. The lowest BCUT2D eigenvalue weighted by Crippen LogP contribution is -2.18. The smallest absolute Gasteiger partial charge is 0.0832 e. The molecule has 5 heteroatoms. The van der Waals surface area contributed by atoms with Gasteiger partial charge >= 0.3 is 0 Å². The number of nitrogens with zero attached hydrogens (tertiary/aromatic N) is 2. The van der Waals surface area contributed by atoms with Gasteiger partial charge in [-0.3, -0.25) is 5.01 Å². The zero-order valence-electron chi connectivity index (χ0n) is 13.7. The summed E-state index contributed by atoms with van der Waals surface area (Å²) in [5.41, 5.74) is 4.47. The van der Waals surface area contributed by atoms with Gasteiger partial charge in [-0.1, -0.05) is 63.9 Å². The van der Waals surface area contributed by atoms with Crippen LogP contribution < -0.4 is 5.01 Å². The van der Waals surface area contributed by atoms with Crippen LogP contribution in [0.4, 0.5) is 5.69 Å². The van der Waals surface area contributed by atoms with Crippen LogP contribution in [0.15, 0.2) is 86.8 Å². The lowest BCUT2D eigenvalue weighted by atomic mass is 9.98. The molecule has 3 aromatic rings. The highest BCUT2D eigenvalue weighted by Crippen LogP contribution is 2.40. The van der Waals surface area contributed by atoms with Gasteiger partial charge in [0.1, 0.15) is 0 Å². The van der Waals surface area contributed by atoms with Crippen molar-refractivity contribution in [2.75, 3.05) is 5.01 Å². The van der Waals surface area contributed by atoms with E-state index in [0.717, 1.165) is 37.4 Å². The molecule has 4 rings (SSSR count). The number of rotatable bonds is 3. The molecule has 1 heterocycles. The predicted octanol–water partition coefficient (Wildman–Crippen LogP) is 7.22. The van der Waals surface area contributed by atoms with Crippen LogP contribution in [-0.2, 0) is 0 Å². The van der Waals surface area contributed by atoms with Crippen molar-refractivity contribution in [3.63, 3.8) is 0 Å². The number of halogens is 3. The van der Waals surface area contributed by atoms with Crippen molar-refractivity contribution in [3.8, 4) is 0 Å². The van der Waals surface area contributed by atoms with Crippen LogP contribution in [0.5, 0.6) is 0 Å². The maximum atomic E-state index is 6.08. The number of hydrogen-bond acceptors (Lipinski definition) is 2. The summed E-state index contributed by atoms with van der Waals surface area (Å²) in [7, 11) is 0. The highest BCUT2D eigenvalue weighted by molar-refractivity contribution is 9.10. The highest BCUT2D eigenvalue weighted by atomic mass is 79.9. The van der Waals surface area contributed by atoms with Gasteiger partial charge in [-0.15, -0.1) is 0 Å². The highest BCUT2D eigenvalue weighted by Gasteiger charge is 2.30. The third kappa shape index (κ3) is 3.59. The largest absolute Gasteiger partial charge is 0.256 e. The first-order valence-electron chi connectivity index (χ1n) is 8.24. The van der Waals surface area contributed by atoms with Crippen molar-refractivity contribution in [1.29, 1.82) is 0 Å². The van der Waals surface area contributed by atoms with Crippen LogP contribution in [-0.4, -0.2) is 5.71 Å². The van der Waals surface area contributed by atoms with E-state index in [1.165, 1.54) is 5.56 Å². The normalized spacial score (nSPS) is 16.7. The summed E-state index contributed by atoms with van der Waals surface area (Å²) in [6.07, 6.45) is 0.838. The number of para-hydroxylation sites is 1. The van der Waals surface area contributed by atoms with E-state index in [9.17, 15) is 0 Å². The minimum Gasteiger partial charge on any atom is -0.256 e. The molecule has 0 amide bonds. The molecule has 0 N–H and O–H groups in total. The summed E-state index contributed by atoms with van der Waals surface area (Å²) in [5, 5.41) is 7.82. The molecule has 1 aliphatic heterocycles. The lowest BCUT2D eigenvalue weighted by molar-refractivity contribution is 0.707. The molecule has 2 nitrogen and oxygen atoms in total. The maximum Gasteiger partial charge on any atom is 0.0832 e. The Labute approximate surface area is 174 Å².